The molecule has 3 heterocycles. The molecule has 8 heteroatoms. The van der Waals surface area contributed by atoms with Gasteiger partial charge in [0.2, 0.25) is 5.56 Å². The number of carbonyl (C=O) groups is 2. The summed E-state index contributed by atoms with van der Waals surface area (Å²) in [7, 11) is 3.20. The molecule has 8 nitrogen and oxygen atoms in total. The number of amides is 2. The van der Waals surface area contributed by atoms with Crippen LogP contribution in [-0.4, -0.2) is 53.0 Å². The predicted molar refractivity (Wildman–Crippen MR) is 111 cm³/mol. The molecule has 0 unspecified atom stereocenters. The largest absolute Gasteiger partial charge is 0.368 e. The van der Waals surface area contributed by atoms with E-state index in [9.17, 15) is 14.4 Å². The number of pyridine rings is 2. The van der Waals surface area contributed by atoms with E-state index in [-0.39, 0.29) is 17.4 Å². The average Bonchev–Trinajstić information content (AvgIpc) is 2.79. The molecule has 1 aromatic carbocycles. The van der Waals surface area contributed by atoms with Gasteiger partial charge in [-0.1, -0.05) is 18.2 Å². The van der Waals surface area contributed by atoms with E-state index in [0.717, 1.165) is 5.39 Å². The zero-order valence-electron chi connectivity index (χ0n) is 16.8. The number of fused-ring (bicyclic) bond motifs is 1. The molecule has 0 saturated carbocycles. The fourth-order valence-electron chi connectivity index (χ4n) is 3.60. The van der Waals surface area contributed by atoms with Crippen LogP contribution in [-0.2, 0) is 11.8 Å². The molecule has 1 atom stereocenters. The summed E-state index contributed by atoms with van der Waals surface area (Å²) in [6, 6.07) is 12.1. The van der Waals surface area contributed by atoms with E-state index in [2.05, 4.69) is 10.3 Å². The Bertz CT molecular complexity index is 1190. The lowest BCUT2D eigenvalue weighted by Crippen LogP contribution is -2.42. The minimum absolute atomic E-state index is 0.173. The minimum atomic E-state index is -0.455. The van der Waals surface area contributed by atoms with Crippen LogP contribution in [0.3, 0.4) is 0 Å². The highest BCUT2D eigenvalue weighted by atomic mass is 16.5. The van der Waals surface area contributed by atoms with Crippen LogP contribution in [0.4, 0.5) is 0 Å². The predicted octanol–water partition coefficient (Wildman–Crippen LogP) is 1.51. The molecule has 4 rings (SSSR count). The molecule has 2 aromatic heterocycles. The molecule has 1 N–H and O–H groups in total. The van der Waals surface area contributed by atoms with Crippen LogP contribution in [0.2, 0.25) is 0 Å². The van der Waals surface area contributed by atoms with Gasteiger partial charge in [-0.05, 0) is 18.2 Å². The number of nitrogens with zero attached hydrogens (tertiary/aromatic N) is 3. The van der Waals surface area contributed by atoms with Crippen molar-refractivity contribution < 1.29 is 14.3 Å². The summed E-state index contributed by atoms with van der Waals surface area (Å²) in [5, 5.41) is 3.42. The van der Waals surface area contributed by atoms with Gasteiger partial charge in [-0.15, -0.1) is 0 Å². The maximum Gasteiger partial charge on any atom is 0.255 e. The van der Waals surface area contributed by atoms with Crippen LogP contribution in [0.1, 0.15) is 32.5 Å². The van der Waals surface area contributed by atoms with Gasteiger partial charge in [0.25, 0.3) is 11.8 Å². The van der Waals surface area contributed by atoms with Crippen molar-refractivity contribution in [3.63, 3.8) is 0 Å². The number of benzene rings is 1. The molecule has 154 valence electrons. The molecule has 3 aromatic rings. The highest BCUT2D eigenvalue weighted by molar-refractivity contribution is 6.06. The maximum atomic E-state index is 12.9. The third-order valence-electron chi connectivity index (χ3n) is 5.22. The van der Waals surface area contributed by atoms with Gasteiger partial charge in [-0.3, -0.25) is 14.4 Å². The van der Waals surface area contributed by atoms with Crippen molar-refractivity contribution in [2.75, 3.05) is 26.7 Å². The third-order valence-corrected chi connectivity index (χ3v) is 5.22. The highest BCUT2D eigenvalue weighted by Gasteiger charge is 2.28. The van der Waals surface area contributed by atoms with Gasteiger partial charge in [0.05, 0.1) is 35.5 Å². The normalized spacial score (nSPS) is 16.5. The van der Waals surface area contributed by atoms with E-state index in [1.54, 1.807) is 25.1 Å². The van der Waals surface area contributed by atoms with Crippen LogP contribution in [0.5, 0.6) is 0 Å². The summed E-state index contributed by atoms with van der Waals surface area (Å²) in [6.45, 7) is 1.10. The lowest BCUT2D eigenvalue weighted by Gasteiger charge is -2.33. The number of morpholine rings is 1. The van der Waals surface area contributed by atoms with Crippen molar-refractivity contribution in [3.05, 3.63) is 75.8 Å². The standard InChI is InChI=1S/C22H22N4O4/c1-23-21(28)16-11-18(24-17-6-4-3-5-15(16)17)19-13-26(9-10-30-19)22(29)14-7-8-20(27)25(2)12-14/h3-8,11-12,19H,9-10,13H2,1-2H3,(H,23,28)/t19-/m0/s1. The highest BCUT2D eigenvalue weighted by Crippen LogP contribution is 2.26. The third kappa shape index (κ3) is 3.69. The Morgan fingerprint density at radius 2 is 2.00 bits per heavy atom. The minimum Gasteiger partial charge on any atom is -0.368 e. The molecule has 0 spiro atoms. The first-order chi connectivity index (χ1) is 14.5. The number of rotatable bonds is 3. The Balaban J connectivity index is 1.65. The van der Waals surface area contributed by atoms with Gasteiger partial charge in [0.1, 0.15) is 6.10 Å². The quantitative estimate of drug-likeness (QED) is 0.712. The summed E-state index contributed by atoms with van der Waals surface area (Å²) in [5.41, 5.74) is 2.08. The summed E-state index contributed by atoms with van der Waals surface area (Å²) in [5.74, 6) is -0.380. The average molecular weight is 406 g/mol. The molecular weight excluding hydrogens is 384 g/mol. The van der Waals surface area contributed by atoms with Gasteiger partial charge >= 0.3 is 0 Å². The zero-order valence-corrected chi connectivity index (χ0v) is 16.8. The molecule has 1 fully saturated rings. The van der Waals surface area contributed by atoms with Crippen molar-refractivity contribution in [1.82, 2.24) is 19.8 Å². The van der Waals surface area contributed by atoms with Gasteiger partial charge in [-0.25, -0.2) is 4.98 Å². The first-order valence-electron chi connectivity index (χ1n) is 9.67. The molecule has 1 aliphatic heterocycles. The molecule has 30 heavy (non-hydrogen) atoms. The van der Waals surface area contributed by atoms with Gasteiger partial charge in [0.15, 0.2) is 0 Å². The van der Waals surface area contributed by atoms with Crippen molar-refractivity contribution in [2.45, 2.75) is 6.10 Å². The monoisotopic (exact) mass is 406 g/mol. The summed E-state index contributed by atoms with van der Waals surface area (Å²) >= 11 is 0. The van der Waals surface area contributed by atoms with E-state index in [0.29, 0.717) is 42.0 Å². The Morgan fingerprint density at radius 3 is 2.77 bits per heavy atom. The fourth-order valence-corrected chi connectivity index (χ4v) is 3.60. The number of hydrogen-bond donors (Lipinski definition) is 1. The topological polar surface area (TPSA) is 93.5 Å². The number of aromatic nitrogens is 2. The lowest BCUT2D eigenvalue weighted by atomic mass is 10.0. The second-order valence-electron chi connectivity index (χ2n) is 7.17. The summed E-state index contributed by atoms with van der Waals surface area (Å²) in [4.78, 5) is 43.3. The van der Waals surface area contributed by atoms with Crippen LogP contribution in [0.25, 0.3) is 10.9 Å². The molecule has 0 aliphatic carbocycles. The lowest BCUT2D eigenvalue weighted by molar-refractivity contribution is -0.0246. The number of aryl methyl sites for hydroxylation is 1. The van der Waals surface area contributed by atoms with Gasteiger partial charge in [-0.2, -0.15) is 0 Å². The number of hydrogen-bond acceptors (Lipinski definition) is 5. The molecule has 0 bridgehead atoms. The van der Waals surface area contributed by atoms with Crippen molar-refractivity contribution >= 4 is 22.7 Å². The SMILES string of the molecule is CNC(=O)c1cc([C@@H]2CN(C(=O)c3ccc(=O)n(C)c3)CCO2)nc2ccccc12. The fraction of sp³-hybridized carbons (Fsp3) is 0.273. The summed E-state index contributed by atoms with van der Waals surface area (Å²) in [6.07, 6.45) is 1.08. The van der Waals surface area contributed by atoms with Crippen molar-refractivity contribution in [1.29, 1.82) is 0 Å². The Hall–Kier alpha value is -3.52. The molecular formula is C22H22N4O4. The Kier molecular flexibility index (Phi) is 5.33. The summed E-state index contributed by atoms with van der Waals surface area (Å²) < 4.78 is 7.28. The number of para-hydroxylation sites is 1. The van der Waals surface area contributed by atoms with E-state index >= 15 is 0 Å². The number of ether oxygens (including phenoxy) is 1. The first kappa shape index (κ1) is 19.8. The first-order valence-corrected chi connectivity index (χ1v) is 9.67. The van der Waals surface area contributed by atoms with E-state index < -0.39 is 6.10 Å². The van der Waals surface area contributed by atoms with Crippen LogP contribution in [0, 0.1) is 0 Å². The van der Waals surface area contributed by atoms with Crippen LogP contribution >= 0.6 is 0 Å². The Labute approximate surface area is 173 Å². The van der Waals surface area contributed by atoms with Crippen molar-refractivity contribution in [3.8, 4) is 0 Å². The van der Waals surface area contributed by atoms with E-state index in [1.165, 1.54) is 22.9 Å². The molecule has 1 saturated heterocycles. The maximum absolute atomic E-state index is 12.9. The number of carbonyl (C=O) groups excluding carboxylic acids is 2. The van der Waals surface area contributed by atoms with E-state index in [1.807, 2.05) is 24.3 Å². The van der Waals surface area contributed by atoms with Gasteiger partial charge < -0.3 is 19.5 Å². The smallest absolute Gasteiger partial charge is 0.255 e. The van der Waals surface area contributed by atoms with E-state index in [4.69, 9.17) is 4.74 Å². The van der Waals surface area contributed by atoms with Gasteiger partial charge in [0, 0.05) is 38.3 Å². The van der Waals surface area contributed by atoms with Crippen LogP contribution < -0.4 is 10.9 Å². The molecule has 1 aliphatic rings. The Morgan fingerprint density at radius 1 is 1.20 bits per heavy atom. The van der Waals surface area contributed by atoms with Crippen molar-refractivity contribution in [2.24, 2.45) is 7.05 Å². The zero-order chi connectivity index (χ0) is 21.3. The second kappa shape index (κ2) is 8.08. The molecule has 2 amide bonds. The number of nitrogens with one attached hydrogen (secondary N) is 1. The van der Waals surface area contributed by atoms with Crippen LogP contribution in [0.15, 0.2) is 53.5 Å². The molecule has 0 radical (unpaired) electrons. The second-order valence-corrected chi connectivity index (χ2v) is 7.17.